The Morgan fingerprint density at radius 1 is 0.929 bits per heavy atom. The Kier molecular flexibility index (Phi) is 7.77. The van der Waals surface area contributed by atoms with Crippen molar-refractivity contribution < 1.29 is 19.8 Å². The van der Waals surface area contributed by atoms with Gasteiger partial charge in [-0.1, -0.05) is 0 Å². The first kappa shape index (κ1) is 12.9. The van der Waals surface area contributed by atoms with Gasteiger partial charge in [0.15, 0.2) is 0 Å². The van der Waals surface area contributed by atoms with Crippen molar-refractivity contribution in [3.8, 4) is 0 Å². The van der Waals surface area contributed by atoms with Gasteiger partial charge in [-0.05, 0) is 19.5 Å². The first-order valence-electron chi connectivity index (χ1n) is 4.48. The predicted molar refractivity (Wildman–Crippen MR) is 50.2 cm³/mol. The van der Waals surface area contributed by atoms with Gasteiger partial charge in [-0.15, -0.1) is 0 Å². The Bertz CT molecular complexity index is 164. The fraction of sp³-hybridized carbons (Fsp3) is 0.750. The fourth-order valence-corrected chi connectivity index (χ4v) is 0.854. The lowest BCUT2D eigenvalue weighted by molar-refractivity contribution is -0.137. The molecule has 0 heterocycles. The molecule has 4 N–H and O–H groups in total. The largest absolute Gasteiger partial charge is 0.481 e. The van der Waals surface area contributed by atoms with Crippen LogP contribution >= 0.6 is 0 Å². The SMILES string of the molecule is O=C(O)CCNCCCNCC(=O)O. The Hall–Kier alpha value is -1.14. The van der Waals surface area contributed by atoms with Crippen LogP contribution in [0.4, 0.5) is 0 Å². The lowest BCUT2D eigenvalue weighted by Gasteiger charge is -2.03. The molecule has 0 aliphatic heterocycles. The molecule has 0 spiro atoms. The minimum absolute atomic E-state index is 0.0326. The van der Waals surface area contributed by atoms with Gasteiger partial charge in [0.2, 0.25) is 0 Å². The van der Waals surface area contributed by atoms with Crippen LogP contribution in [0.15, 0.2) is 0 Å². The second-order valence-corrected chi connectivity index (χ2v) is 2.82. The van der Waals surface area contributed by atoms with Crippen molar-refractivity contribution >= 4 is 11.9 Å². The van der Waals surface area contributed by atoms with Crippen LogP contribution < -0.4 is 10.6 Å². The summed E-state index contributed by atoms with van der Waals surface area (Å²) in [5.74, 6) is -1.69. The van der Waals surface area contributed by atoms with Crippen molar-refractivity contribution in [1.29, 1.82) is 0 Å². The molecule has 0 rings (SSSR count). The molecule has 0 saturated carbocycles. The summed E-state index contributed by atoms with van der Waals surface area (Å²) in [4.78, 5) is 20.2. The number of nitrogens with one attached hydrogen (secondary N) is 2. The topological polar surface area (TPSA) is 98.7 Å². The molecule has 0 unspecified atom stereocenters. The highest BCUT2D eigenvalue weighted by atomic mass is 16.4. The van der Waals surface area contributed by atoms with E-state index >= 15 is 0 Å². The van der Waals surface area contributed by atoms with Crippen LogP contribution in [-0.4, -0.2) is 48.3 Å². The number of hydrogen-bond donors (Lipinski definition) is 4. The van der Waals surface area contributed by atoms with Crippen LogP contribution in [0.1, 0.15) is 12.8 Å². The van der Waals surface area contributed by atoms with Crippen LogP contribution in [-0.2, 0) is 9.59 Å². The van der Waals surface area contributed by atoms with E-state index in [-0.39, 0.29) is 13.0 Å². The average Bonchev–Trinajstić information content (AvgIpc) is 2.08. The van der Waals surface area contributed by atoms with Crippen LogP contribution in [0.3, 0.4) is 0 Å². The minimum Gasteiger partial charge on any atom is -0.481 e. The zero-order valence-corrected chi connectivity index (χ0v) is 7.95. The molecular weight excluding hydrogens is 188 g/mol. The summed E-state index contributed by atoms with van der Waals surface area (Å²) < 4.78 is 0. The Balaban J connectivity index is 2.99. The first-order chi connectivity index (χ1) is 6.63. The first-order valence-corrected chi connectivity index (χ1v) is 4.48. The molecule has 0 atom stereocenters. The van der Waals surface area contributed by atoms with Crippen molar-refractivity contribution in [2.75, 3.05) is 26.2 Å². The molecule has 0 amide bonds. The molecule has 0 saturated heterocycles. The molecule has 0 radical (unpaired) electrons. The molecule has 14 heavy (non-hydrogen) atoms. The number of carboxylic acids is 2. The molecule has 0 aromatic carbocycles. The lowest BCUT2D eigenvalue weighted by atomic mass is 10.4. The standard InChI is InChI=1S/C8H16N2O4/c11-7(12)2-5-9-3-1-4-10-6-8(13)14/h9-10H,1-6H2,(H,11,12)(H,13,14). The maximum absolute atomic E-state index is 10.1. The van der Waals surface area contributed by atoms with E-state index in [1.165, 1.54) is 0 Å². The molecule has 82 valence electrons. The normalized spacial score (nSPS) is 10.0. The van der Waals surface area contributed by atoms with Gasteiger partial charge in [-0.3, -0.25) is 9.59 Å². The summed E-state index contributed by atoms with van der Waals surface area (Å²) in [7, 11) is 0. The maximum atomic E-state index is 10.1. The molecule has 0 fully saturated rings. The predicted octanol–water partition coefficient (Wildman–Crippen LogP) is -0.885. The van der Waals surface area contributed by atoms with Gasteiger partial charge in [0.1, 0.15) is 0 Å². The van der Waals surface area contributed by atoms with Crippen LogP contribution in [0.5, 0.6) is 0 Å². The molecule has 0 aromatic rings. The fourth-order valence-electron chi connectivity index (χ4n) is 0.854. The highest BCUT2D eigenvalue weighted by molar-refractivity contribution is 5.69. The van der Waals surface area contributed by atoms with Crippen molar-refractivity contribution in [2.45, 2.75) is 12.8 Å². The average molecular weight is 204 g/mol. The van der Waals surface area contributed by atoms with Gasteiger partial charge in [-0.25, -0.2) is 0 Å². The Morgan fingerprint density at radius 3 is 2.14 bits per heavy atom. The Morgan fingerprint density at radius 2 is 1.57 bits per heavy atom. The molecular formula is C8H16N2O4. The third kappa shape index (κ3) is 10.9. The van der Waals surface area contributed by atoms with Crippen molar-refractivity contribution in [3.05, 3.63) is 0 Å². The van der Waals surface area contributed by atoms with E-state index in [0.717, 1.165) is 6.42 Å². The van der Waals surface area contributed by atoms with Crippen molar-refractivity contribution in [1.82, 2.24) is 10.6 Å². The number of carbonyl (C=O) groups is 2. The van der Waals surface area contributed by atoms with Gasteiger partial charge >= 0.3 is 11.9 Å². The van der Waals surface area contributed by atoms with Crippen LogP contribution in [0.2, 0.25) is 0 Å². The third-order valence-electron chi connectivity index (χ3n) is 1.50. The second kappa shape index (κ2) is 8.46. The van der Waals surface area contributed by atoms with Crippen molar-refractivity contribution in [3.63, 3.8) is 0 Å². The third-order valence-corrected chi connectivity index (χ3v) is 1.50. The molecule has 6 heteroatoms. The molecule has 6 nitrogen and oxygen atoms in total. The summed E-state index contributed by atoms with van der Waals surface area (Å²) in [6.07, 6.45) is 0.898. The summed E-state index contributed by atoms with van der Waals surface area (Å²) in [5.41, 5.74) is 0. The van der Waals surface area contributed by atoms with Gasteiger partial charge in [0.05, 0.1) is 13.0 Å². The molecule has 0 aliphatic rings. The van der Waals surface area contributed by atoms with Gasteiger partial charge < -0.3 is 20.8 Å². The van der Waals surface area contributed by atoms with Gasteiger partial charge in [-0.2, -0.15) is 0 Å². The highest BCUT2D eigenvalue weighted by Gasteiger charge is 1.96. The number of hydrogen-bond acceptors (Lipinski definition) is 4. The number of aliphatic carboxylic acids is 2. The quantitative estimate of drug-likeness (QED) is 0.364. The maximum Gasteiger partial charge on any atom is 0.317 e. The lowest BCUT2D eigenvalue weighted by Crippen LogP contribution is -2.27. The molecule has 0 bridgehead atoms. The Labute approximate surface area is 82.3 Å². The van der Waals surface area contributed by atoms with E-state index in [2.05, 4.69) is 10.6 Å². The van der Waals surface area contributed by atoms with Gasteiger partial charge in [0.25, 0.3) is 0 Å². The van der Waals surface area contributed by atoms with E-state index in [1.54, 1.807) is 0 Å². The van der Waals surface area contributed by atoms with Crippen molar-refractivity contribution in [2.24, 2.45) is 0 Å². The zero-order chi connectivity index (χ0) is 10.8. The number of rotatable bonds is 9. The highest BCUT2D eigenvalue weighted by Crippen LogP contribution is 1.77. The minimum atomic E-state index is -0.871. The number of carboxylic acid groups (broad SMARTS) is 2. The molecule has 0 aromatic heterocycles. The smallest absolute Gasteiger partial charge is 0.317 e. The van der Waals surface area contributed by atoms with Gasteiger partial charge in [0, 0.05) is 6.54 Å². The summed E-state index contributed by atoms with van der Waals surface area (Å²) in [6, 6.07) is 0. The monoisotopic (exact) mass is 204 g/mol. The van der Waals surface area contributed by atoms with E-state index in [0.29, 0.717) is 19.6 Å². The summed E-state index contributed by atoms with van der Waals surface area (Å²) in [6.45, 7) is 1.73. The van der Waals surface area contributed by atoms with E-state index in [1.807, 2.05) is 0 Å². The van der Waals surface area contributed by atoms with E-state index in [4.69, 9.17) is 10.2 Å². The summed E-state index contributed by atoms with van der Waals surface area (Å²) >= 11 is 0. The van der Waals surface area contributed by atoms with E-state index in [9.17, 15) is 9.59 Å². The van der Waals surface area contributed by atoms with E-state index < -0.39 is 11.9 Å². The zero-order valence-electron chi connectivity index (χ0n) is 7.95. The van der Waals surface area contributed by atoms with Crippen LogP contribution in [0.25, 0.3) is 0 Å². The van der Waals surface area contributed by atoms with Crippen LogP contribution in [0, 0.1) is 0 Å². The molecule has 0 aliphatic carbocycles. The summed E-state index contributed by atoms with van der Waals surface area (Å²) in [5, 5.41) is 22.2. The second-order valence-electron chi connectivity index (χ2n) is 2.82.